The average molecular weight is 259 g/mol. The lowest BCUT2D eigenvalue weighted by Crippen LogP contribution is -2.06. The molecule has 0 amide bonds. The van der Waals surface area contributed by atoms with Crippen LogP contribution in [0.2, 0.25) is 0 Å². The molecule has 0 saturated heterocycles. The first kappa shape index (κ1) is 16.3. The van der Waals surface area contributed by atoms with Crippen LogP contribution in [0.5, 0.6) is 0 Å². The van der Waals surface area contributed by atoms with Crippen LogP contribution in [0.25, 0.3) is 0 Å². The van der Waals surface area contributed by atoms with Crippen LogP contribution >= 0.6 is 0 Å². The molecule has 1 aromatic rings. The number of hydrogen-bond acceptors (Lipinski definition) is 0. The summed E-state index contributed by atoms with van der Waals surface area (Å²) in [6.45, 7) is 6.96. The molecule has 0 aliphatic rings. The van der Waals surface area contributed by atoms with Crippen LogP contribution in [0.3, 0.4) is 0 Å². The van der Waals surface area contributed by atoms with Crippen molar-refractivity contribution in [1.29, 1.82) is 0 Å². The van der Waals surface area contributed by atoms with E-state index in [4.69, 9.17) is 0 Å². The number of rotatable bonds is 10. The maximum atomic E-state index is 3.42. The lowest BCUT2D eigenvalue weighted by atomic mass is 9.84. The van der Waals surface area contributed by atoms with Gasteiger partial charge in [-0.15, -0.1) is 0 Å². The largest absolute Gasteiger partial charge is 0.0654 e. The molecule has 19 heavy (non-hydrogen) atoms. The van der Waals surface area contributed by atoms with E-state index in [2.05, 4.69) is 51.1 Å². The summed E-state index contributed by atoms with van der Waals surface area (Å²) in [5, 5.41) is 0. The van der Waals surface area contributed by atoms with Crippen molar-refractivity contribution in [1.82, 2.24) is 0 Å². The normalized spacial score (nSPS) is 12.8. The first-order chi connectivity index (χ1) is 9.25. The van der Waals surface area contributed by atoms with Gasteiger partial charge in [0.15, 0.2) is 0 Å². The molecule has 107 valence electrons. The van der Waals surface area contributed by atoms with E-state index in [1.807, 2.05) is 0 Å². The highest BCUT2D eigenvalue weighted by molar-refractivity contribution is 5.18. The molecular weight excluding hydrogens is 228 g/mol. The van der Waals surface area contributed by atoms with Crippen LogP contribution in [-0.2, 0) is 0 Å². The summed E-state index contributed by atoms with van der Waals surface area (Å²) in [5.41, 5.74) is 1.41. The van der Waals surface area contributed by atoms with Gasteiger partial charge in [0.05, 0.1) is 0 Å². The highest BCUT2D eigenvalue weighted by Crippen LogP contribution is 2.29. The van der Waals surface area contributed by atoms with Crippen molar-refractivity contribution >= 4 is 0 Å². The van der Waals surface area contributed by atoms with Gasteiger partial charge in [-0.3, -0.25) is 0 Å². The van der Waals surface area contributed by atoms with Crippen molar-refractivity contribution in [2.45, 2.75) is 78.1 Å². The maximum absolute atomic E-state index is 3.42. The Bertz CT molecular complexity index is 299. The molecule has 0 nitrogen and oxygen atoms in total. The molecule has 0 aliphatic carbocycles. The molecule has 1 aromatic carbocycles. The van der Waals surface area contributed by atoms with Gasteiger partial charge < -0.3 is 0 Å². The lowest BCUT2D eigenvalue weighted by molar-refractivity contribution is 0.441. The molecule has 0 saturated carbocycles. The molecule has 1 unspecified atom stereocenters. The van der Waals surface area contributed by atoms with Crippen molar-refractivity contribution < 1.29 is 0 Å². The second-order valence-electron chi connectivity index (χ2n) is 6.08. The molecule has 0 aromatic heterocycles. The van der Waals surface area contributed by atoms with Gasteiger partial charge in [-0.1, -0.05) is 90.0 Å². The number of benzene rings is 1. The molecule has 1 radical (unpaired) electrons. The molecule has 1 rings (SSSR count). The first-order valence-corrected chi connectivity index (χ1v) is 8.22. The van der Waals surface area contributed by atoms with Gasteiger partial charge >= 0.3 is 0 Å². The van der Waals surface area contributed by atoms with Crippen LogP contribution in [-0.4, -0.2) is 0 Å². The predicted octanol–water partition coefficient (Wildman–Crippen LogP) is 6.37. The summed E-state index contributed by atoms with van der Waals surface area (Å²) in [6, 6.07) is 11.9. The van der Waals surface area contributed by atoms with Crippen molar-refractivity contribution in [2.75, 3.05) is 0 Å². The van der Waals surface area contributed by atoms with Gasteiger partial charge in [-0.05, 0) is 29.9 Å². The zero-order chi connectivity index (χ0) is 13.9. The molecule has 0 bridgehead atoms. The molecule has 0 aliphatic heterocycles. The minimum Gasteiger partial charge on any atom is -0.0654 e. The summed E-state index contributed by atoms with van der Waals surface area (Å²) < 4.78 is 0. The minimum atomic E-state index is 0.692. The highest BCUT2D eigenvalue weighted by Gasteiger charge is 2.14. The van der Waals surface area contributed by atoms with E-state index in [9.17, 15) is 0 Å². The monoisotopic (exact) mass is 259 g/mol. The van der Waals surface area contributed by atoms with Crippen molar-refractivity contribution in [3.05, 3.63) is 35.9 Å². The molecule has 1 atom stereocenters. The Kier molecular flexibility index (Phi) is 8.62. The summed E-state index contributed by atoms with van der Waals surface area (Å²) in [5.74, 6) is 1.41. The van der Waals surface area contributed by atoms with Crippen LogP contribution in [0, 0.1) is 12.0 Å². The van der Waals surface area contributed by atoms with Crippen LogP contribution in [0.1, 0.15) is 83.6 Å². The van der Waals surface area contributed by atoms with Crippen molar-refractivity contribution in [2.24, 2.45) is 5.92 Å². The van der Waals surface area contributed by atoms with E-state index in [-0.39, 0.29) is 0 Å². The zero-order valence-corrected chi connectivity index (χ0v) is 13.1. The molecule has 0 fully saturated rings. The third kappa shape index (κ3) is 6.80. The number of hydrogen-bond donors (Lipinski definition) is 0. The van der Waals surface area contributed by atoms with Crippen LogP contribution in [0.4, 0.5) is 0 Å². The Morgan fingerprint density at radius 1 is 0.947 bits per heavy atom. The van der Waals surface area contributed by atoms with Gasteiger partial charge in [0.2, 0.25) is 0 Å². The smallest absolute Gasteiger partial charge is 0.0133 e. The van der Waals surface area contributed by atoms with Crippen molar-refractivity contribution in [3.63, 3.8) is 0 Å². The topological polar surface area (TPSA) is 0 Å². The lowest BCUT2D eigenvalue weighted by Gasteiger charge is -2.21. The maximum Gasteiger partial charge on any atom is -0.0133 e. The Labute approximate surface area is 120 Å². The second-order valence-corrected chi connectivity index (χ2v) is 6.08. The fourth-order valence-corrected chi connectivity index (χ4v) is 2.81. The molecular formula is C19H31. The Hall–Kier alpha value is -0.780. The second kappa shape index (κ2) is 10.1. The molecule has 0 N–H and O–H groups in total. The zero-order valence-electron chi connectivity index (χ0n) is 13.1. The molecule has 0 heteroatoms. The van der Waals surface area contributed by atoms with E-state index in [0.717, 1.165) is 5.92 Å². The van der Waals surface area contributed by atoms with E-state index in [1.165, 1.54) is 56.9 Å². The van der Waals surface area contributed by atoms with Gasteiger partial charge in [0.1, 0.15) is 0 Å². The van der Waals surface area contributed by atoms with Crippen LogP contribution < -0.4 is 0 Å². The fraction of sp³-hybridized carbons (Fsp3) is 0.684. The van der Waals surface area contributed by atoms with Crippen molar-refractivity contribution in [3.8, 4) is 0 Å². The SMILES string of the molecule is CCCCCCCCCC(c1[c]cccc1)C(C)C. The third-order valence-corrected chi connectivity index (χ3v) is 4.06. The quantitative estimate of drug-likeness (QED) is 0.428. The van der Waals surface area contributed by atoms with E-state index in [1.54, 1.807) is 0 Å². The Morgan fingerprint density at radius 3 is 2.21 bits per heavy atom. The summed E-state index contributed by atoms with van der Waals surface area (Å²) in [6.07, 6.45) is 11.1. The number of unbranched alkanes of at least 4 members (excludes halogenated alkanes) is 6. The summed E-state index contributed by atoms with van der Waals surface area (Å²) in [4.78, 5) is 0. The van der Waals surface area contributed by atoms with E-state index < -0.39 is 0 Å². The standard InChI is InChI=1S/C19H31/c1-4-5-6-7-8-9-13-16-19(17(2)3)18-14-11-10-12-15-18/h10-12,14,17,19H,4-9,13,16H2,1-3H3. The predicted molar refractivity (Wildman–Crippen MR) is 85.5 cm³/mol. The Balaban J connectivity index is 2.24. The van der Waals surface area contributed by atoms with E-state index in [0.29, 0.717) is 5.92 Å². The Morgan fingerprint density at radius 2 is 1.63 bits per heavy atom. The molecule has 0 spiro atoms. The van der Waals surface area contributed by atoms with E-state index >= 15 is 0 Å². The minimum absolute atomic E-state index is 0.692. The third-order valence-electron chi connectivity index (χ3n) is 4.06. The van der Waals surface area contributed by atoms with Gasteiger partial charge in [-0.25, -0.2) is 0 Å². The van der Waals surface area contributed by atoms with Gasteiger partial charge in [0, 0.05) is 0 Å². The average Bonchev–Trinajstić information content (AvgIpc) is 2.42. The highest BCUT2D eigenvalue weighted by atomic mass is 14.2. The van der Waals surface area contributed by atoms with Gasteiger partial charge in [0.25, 0.3) is 0 Å². The fourth-order valence-electron chi connectivity index (χ4n) is 2.81. The van der Waals surface area contributed by atoms with Crippen LogP contribution in [0.15, 0.2) is 24.3 Å². The first-order valence-electron chi connectivity index (χ1n) is 8.22. The van der Waals surface area contributed by atoms with Gasteiger partial charge in [-0.2, -0.15) is 0 Å². The summed E-state index contributed by atoms with van der Waals surface area (Å²) >= 11 is 0. The summed E-state index contributed by atoms with van der Waals surface area (Å²) in [7, 11) is 0. The molecule has 0 heterocycles.